The van der Waals surface area contributed by atoms with E-state index < -0.39 is 0 Å². The Kier molecular flexibility index (Phi) is 5.80. The molecule has 0 fully saturated rings. The van der Waals surface area contributed by atoms with Gasteiger partial charge in [0.15, 0.2) is 0 Å². The van der Waals surface area contributed by atoms with Gasteiger partial charge in [-0.2, -0.15) is 18.6 Å². The summed E-state index contributed by atoms with van der Waals surface area (Å²) < 4.78 is 12.5. The van der Waals surface area contributed by atoms with Crippen LogP contribution >= 0.6 is 13.6 Å². The van der Waals surface area contributed by atoms with Gasteiger partial charge in [0.05, 0.1) is 0 Å². The molecule has 0 radical (unpaired) electrons. The summed E-state index contributed by atoms with van der Waals surface area (Å²) in [4.78, 5) is 0. The Morgan fingerprint density at radius 3 is 2.36 bits per heavy atom. The van der Waals surface area contributed by atoms with Crippen molar-refractivity contribution in [1.29, 1.82) is 0 Å². The molecule has 0 atom stereocenters. The third kappa shape index (κ3) is 3.88. The Balaban J connectivity index is 0.000000461. The molecule has 0 heterocycles. The minimum absolute atomic E-state index is 0.227. The monoisotopic (exact) mass is 266 g/mol. The zero-order valence-corrected chi connectivity index (χ0v) is 11.0. The van der Waals surface area contributed by atoms with Crippen molar-refractivity contribution in [2.75, 3.05) is 0 Å². The van der Waals surface area contributed by atoms with Crippen molar-refractivity contribution in [3.8, 4) is 0 Å². The van der Waals surface area contributed by atoms with Gasteiger partial charge in [-0.05, 0) is 6.92 Å². The van der Waals surface area contributed by atoms with E-state index in [1.807, 2.05) is 13.0 Å². The van der Waals surface area contributed by atoms with Crippen LogP contribution in [0.2, 0.25) is 0 Å². The molecule has 0 aromatic heterocycles. The van der Waals surface area contributed by atoms with Crippen LogP contribution in [0, 0.1) is 19.7 Å². The number of benzene rings is 1. The first-order valence-corrected chi connectivity index (χ1v) is 10.00. The second kappa shape index (κ2) is 5.73. The van der Waals surface area contributed by atoms with Crippen LogP contribution in [0.1, 0.15) is 11.1 Å². The van der Waals surface area contributed by atoms with Crippen molar-refractivity contribution in [2.24, 2.45) is 0 Å². The molecule has 0 aliphatic carbocycles. The van der Waals surface area contributed by atoms with Gasteiger partial charge in [-0.1, -0.05) is 11.6 Å². The van der Waals surface area contributed by atoms with E-state index in [-0.39, 0.29) is 5.82 Å². The number of hydrogen-bond acceptors (Lipinski definition) is 0. The van der Waals surface area contributed by atoms with E-state index in [0.29, 0.717) is 5.56 Å². The summed E-state index contributed by atoms with van der Waals surface area (Å²) in [5, 5.41) is 0. The fourth-order valence-electron chi connectivity index (χ4n) is 0.652. The molecule has 0 aliphatic heterocycles. The van der Waals surface area contributed by atoms with Gasteiger partial charge in [0.25, 0.3) is 0 Å². The Labute approximate surface area is 83.2 Å². The van der Waals surface area contributed by atoms with E-state index in [4.69, 9.17) is 0 Å². The summed E-state index contributed by atoms with van der Waals surface area (Å²) >= 11 is 4.25. The van der Waals surface area contributed by atoms with E-state index in [1.165, 1.54) is 22.4 Å². The molecule has 11 heavy (non-hydrogen) atoms. The van der Waals surface area contributed by atoms with E-state index in [2.05, 4.69) is 20.5 Å². The second-order valence-electron chi connectivity index (χ2n) is 2.09. The molecule has 1 rings (SSSR count). The van der Waals surface area contributed by atoms with Crippen molar-refractivity contribution in [3.05, 3.63) is 42.1 Å². The van der Waals surface area contributed by atoms with Crippen LogP contribution in [0.5, 0.6) is 0 Å². The fourth-order valence-corrected chi connectivity index (χ4v) is 0.652. The second-order valence-corrected chi connectivity index (χ2v) is 2.09. The maximum absolute atomic E-state index is 12.5. The quantitative estimate of drug-likeness (QED) is 0.501. The van der Waals surface area contributed by atoms with Gasteiger partial charge in [-0.25, -0.2) is 0 Å². The SMILES string of the molecule is [CH2-]c1ccc(C)cc1F.[Zn+][Br]. The van der Waals surface area contributed by atoms with Crippen molar-refractivity contribution in [3.63, 3.8) is 0 Å². The molecule has 56 valence electrons. The molecule has 0 saturated carbocycles. The Bertz CT molecular complexity index is 225. The summed E-state index contributed by atoms with van der Waals surface area (Å²) in [6.07, 6.45) is 0. The molecule has 0 amide bonds. The molecule has 0 unspecified atom stereocenters. The first-order valence-electron chi connectivity index (χ1n) is 3.05. The van der Waals surface area contributed by atoms with Gasteiger partial charge in [0.1, 0.15) is 0 Å². The van der Waals surface area contributed by atoms with Crippen LogP contribution in [0.3, 0.4) is 0 Å². The van der Waals surface area contributed by atoms with Gasteiger partial charge < -0.3 is 0 Å². The van der Waals surface area contributed by atoms with Gasteiger partial charge >= 0.3 is 30.0 Å². The predicted octanol–water partition coefficient (Wildman–Crippen LogP) is 3.16. The maximum atomic E-state index is 12.5. The molecule has 0 bridgehead atoms. The Morgan fingerprint density at radius 1 is 1.45 bits per heavy atom. The third-order valence-corrected chi connectivity index (χ3v) is 1.21. The van der Waals surface area contributed by atoms with Crippen molar-refractivity contribution in [1.82, 2.24) is 0 Å². The molecule has 0 N–H and O–H groups in total. The van der Waals surface area contributed by atoms with E-state index in [1.54, 1.807) is 6.07 Å². The zero-order chi connectivity index (χ0) is 8.85. The first kappa shape index (κ1) is 11.1. The van der Waals surface area contributed by atoms with E-state index in [0.717, 1.165) is 5.56 Å². The third-order valence-electron chi connectivity index (χ3n) is 1.21. The zero-order valence-electron chi connectivity index (χ0n) is 6.40. The number of rotatable bonds is 0. The summed E-state index contributed by atoms with van der Waals surface area (Å²) in [5.74, 6) is -0.227. The van der Waals surface area contributed by atoms with Gasteiger partial charge in [0.2, 0.25) is 0 Å². The predicted molar refractivity (Wildman–Crippen MR) is 44.5 cm³/mol. The molecule has 3 heteroatoms. The Morgan fingerprint density at radius 2 is 2.00 bits per heavy atom. The Hall–Kier alpha value is 0.123. The molecule has 0 aliphatic rings. The van der Waals surface area contributed by atoms with E-state index in [9.17, 15) is 4.39 Å². The van der Waals surface area contributed by atoms with Crippen molar-refractivity contribution >= 4 is 13.6 Å². The first-order chi connectivity index (χ1) is 5.20. The van der Waals surface area contributed by atoms with Crippen molar-refractivity contribution < 1.29 is 20.7 Å². The minimum atomic E-state index is -0.227. The van der Waals surface area contributed by atoms with Crippen LogP contribution < -0.4 is 0 Å². The molecule has 0 spiro atoms. The van der Waals surface area contributed by atoms with Crippen LogP contribution in [0.15, 0.2) is 18.2 Å². The van der Waals surface area contributed by atoms with Gasteiger partial charge in [0, 0.05) is 5.82 Å². The molecule has 1 aromatic rings. The van der Waals surface area contributed by atoms with Gasteiger partial charge in [-0.15, -0.1) is 6.07 Å². The molecule has 1 aromatic carbocycles. The number of hydrogen-bond donors (Lipinski definition) is 0. The number of aryl methyl sites for hydroxylation is 1. The van der Waals surface area contributed by atoms with Crippen LogP contribution in [-0.2, 0) is 16.3 Å². The summed E-state index contributed by atoms with van der Waals surface area (Å²) in [5.41, 5.74) is 1.39. The standard InChI is InChI=1S/C8H8F.BrH.Zn/c1-6-3-4-7(2)8(9)5-6;;/h3-5H,2H2,1H3;1H;/q-1;;+2/p-1. The van der Waals surface area contributed by atoms with Crippen LogP contribution in [0.4, 0.5) is 4.39 Å². The summed E-state index contributed by atoms with van der Waals surface area (Å²) in [7, 11) is 0. The summed E-state index contributed by atoms with van der Waals surface area (Å²) in [6, 6.07) is 4.98. The fraction of sp³-hybridized carbons (Fsp3) is 0.125. The molecular formula is C8H8BrFZn. The molecule has 0 nitrogen and oxygen atoms in total. The average Bonchev–Trinajstić information content (AvgIpc) is 2.02. The molecular weight excluding hydrogens is 260 g/mol. The normalized spacial score (nSPS) is 8.45. The van der Waals surface area contributed by atoms with Crippen LogP contribution in [0.25, 0.3) is 0 Å². The van der Waals surface area contributed by atoms with Crippen molar-refractivity contribution in [2.45, 2.75) is 6.92 Å². The average molecular weight is 268 g/mol. The summed E-state index contributed by atoms with van der Waals surface area (Å²) in [6.45, 7) is 5.34. The van der Waals surface area contributed by atoms with Crippen LogP contribution in [-0.4, -0.2) is 0 Å². The molecule has 0 saturated heterocycles. The topological polar surface area (TPSA) is 0 Å². The van der Waals surface area contributed by atoms with Gasteiger partial charge in [-0.3, -0.25) is 4.39 Å². The number of halogens is 2. The van der Waals surface area contributed by atoms with E-state index >= 15 is 0 Å².